The number of methoxy groups -OCH3 is 1. The SMILES string of the molecule is C/C=C(/C)C(=O)O[C@@H]1[C@@H](O)[C@H](O[C@H]2[C@H](OC(C)=O)[C@]3(CO)[C@H](O)[C@H](O)[C@]4(C)C(=CC[C@@H]5[C@@]6(C)CC[C@H](O[C@@H]7O[C@H](C(=O)OC)[C@@H](O)[C@H](O)[C@H]7O[C@@H]7O[C@H](CO)[C@@H](O)[C@H](O)[C@H]7O)C(C)(C)[C@@H]6CC[C@]54C)[C@@H]3CC2(C)C)O[C@H](C)[C@@H]1OC(=O)/C(C)=C\C. The van der Waals surface area contributed by atoms with Crippen molar-refractivity contribution in [3.8, 4) is 0 Å². The summed E-state index contributed by atoms with van der Waals surface area (Å²) in [5.74, 6) is -4.30. The van der Waals surface area contributed by atoms with E-state index in [0.717, 1.165) is 12.7 Å². The van der Waals surface area contributed by atoms with Crippen LogP contribution in [0.15, 0.2) is 34.9 Å². The molecule has 0 unspecified atom stereocenters. The molecule has 24 heteroatoms. The van der Waals surface area contributed by atoms with Gasteiger partial charge in [0.25, 0.3) is 0 Å². The lowest BCUT2D eigenvalue weighted by Gasteiger charge is -2.73. The molecule has 3 heterocycles. The Kier molecular flexibility index (Phi) is 19.6. The molecule has 0 aromatic carbocycles. The fourth-order valence-corrected chi connectivity index (χ4v) is 16.8. The smallest absolute Gasteiger partial charge is 0.337 e. The fourth-order valence-electron chi connectivity index (χ4n) is 16.8. The number of aliphatic hydroxyl groups excluding tert-OH is 10. The Morgan fingerprint density at radius 3 is 1.84 bits per heavy atom. The van der Waals surface area contributed by atoms with Crippen LogP contribution in [-0.2, 0) is 66.5 Å². The molecule has 482 valence electrons. The number of ether oxygens (including phenoxy) is 10. The second-order valence-corrected chi connectivity index (χ2v) is 27.3. The van der Waals surface area contributed by atoms with Crippen molar-refractivity contribution in [3.05, 3.63) is 34.9 Å². The summed E-state index contributed by atoms with van der Waals surface area (Å²) in [4.78, 5) is 53.0. The van der Waals surface area contributed by atoms with Crippen molar-refractivity contribution < 1.29 is 118 Å². The Labute approximate surface area is 496 Å². The minimum Gasteiger partial charge on any atom is -0.467 e. The molecule has 8 rings (SSSR count). The van der Waals surface area contributed by atoms with Gasteiger partial charge < -0.3 is 98.4 Å². The lowest BCUT2D eigenvalue weighted by atomic mass is 9.32. The Balaban J connectivity index is 1.10. The van der Waals surface area contributed by atoms with Gasteiger partial charge in [0, 0.05) is 23.5 Å². The van der Waals surface area contributed by atoms with Gasteiger partial charge in [0.1, 0.15) is 61.0 Å². The van der Waals surface area contributed by atoms with Crippen molar-refractivity contribution in [3.63, 3.8) is 0 Å². The fraction of sp³-hybridized carbons (Fsp3) is 0.836. The van der Waals surface area contributed by atoms with Crippen molar-refractivity contribution in [1.29, 1.82) is 0 Å². The number of fused-ring (bicyclic) bond motifs is 7. The van der Waals surface area contributed by atoms with E-state index < -0.39 is 198 Å². The highest BCUT2D eigenvalue weighted by atomic mass is 16.8. The Morgan fingerprint density at radius 2 is 1.26 bits per heavy atom. The highest BCUT2D eigenvalue weighted by Crippen LogP contribution is 2.76. The van der Waals surface area contributed by atoms with Crippen LogP contribution in [0.5, 0.6) is 0 Å². The molecule has 85 heavy (non-hydrogen) atoms. The molecule has 0 radical (unpaired) electrons. The van der Waals surface area contributed by atoms with E-state index in [-0.39, 0.29) is 29.4 Å². The second kappa shape index (κ2) is 24.7. The first-order valence-corrected chi connectivity index (χ1v) is 29.9. The average Bonchev–Trinajstić information content (AvgIpc) is 0.698. The third-order valence-electron chi connectivity index (χ3n) is 22.1. The maximum absolute atomic E-state index is 13.4. The molecule has 3 saturated heterocycles. The number of carbonyl (C=O) groups excluding carboxylic acids is 4. The normalized spacial score (nSPS) is 47.8. The van der Waals surface area contributed by atoms with Crippen molar-refractivity contribution >= 4 is 23.9 Å². The summed E-state index contributed by atoms with van der Waals surface area (Å²) in [5.41, 5.74) is -4.65. The number of rotatable bonds is 14. The van der Waals surface area contributed by atoms with Crippen LogP contribution >= 0.6 is 0 Å². The molecule has 0 aromatic heterocycles. The summed E-state index contributed by atoms with van der Waals surface area (Å²) in [5, 5.41) is 115. The molecule has 24 nitrogen and oxygen atoms in total. The number of hydrogen-bond acceptors (Lipinski definition) is 24. The van der Waals surface area contributed by atoms with E-state index in [0.29, 0.717) is 32.1 Å². The summed E-state index contributed by atoms with van der Waals surface area (Å²) in [7, 11) is 1.08. The third kappa shape index (κ3) is 11.0. The molecule has 0 bridgehead atoms. The van der Waals surface area contributed by atoms with Gasteiger partial charge in [0.2, 0.25) is 0 Å². The largest absolute Gasteiger partial charge is 0.467 e. The van der Waals surface area contributed by atoms with Gasteiger partial charge in [-0.2, -0.15) is 0 Å². The molecule has 4 saturated carbocycles. The van der Waals surface area contributed by atoms with Gasteiger partial charge >= 0.3 is 23.9 Å². The number of esters is 4. The monoisotopic (exact) mass is 1210 g/mol. The van der Waals surface area contributed by atoms with E-state index in [2.05, 4.69) is 33.8 Å². The Hall–Kier alpha value is -3.54. The summed E-state index contributed by atoms with van der Waals surface area (Å²) in [6.07, 6.45) is -23.5. The molecule has 3 aliphatic heterocycles. The number of carbonyl (C=O) groups is 4. The van der Waals surface area contributed by atoms with E-state index in [1.807, 2.05) is 20.8 Å². The van der Waals surface area contributed by atoms with Gasteiger partial charge in [0.05, 0.1) is 50.2 Å². The Bertz CT molecular complexity index is 2570. The van der Waals surface area contributed by atoms with Crippen LogP contribution in [0.4, 0.5) is 0 Å². The van der Waals surface area contributed by atoms with E-state index in [1.165, 1.54) is 19.9 Å². The number of allylic oxidation sites excluding steroid dienone is 3. The molecule has 0 amide bonds. The highest BCUT2D eigenvalue weighted by Gasteiger charge is 2.76. The minimum absolute atomic E-state index is 0.104. The van der Waals surface area contributed by atoms with Crippen LogP contribution in [0.3, 0.4) is 0 Å². The molecule has 0 aromatic rings. The van der Waals surface area contributed by atoms with E-state index >= 15 is 0 Å². The minimum atomic E-state index is -1.92. The van der Waals surface area contributed by atoms with Crippen molar-refractivity contribution in [1.82, 2.24) is 0 Å². The van der Waals surface area contributed by atoms with Gasteiger partial charge in [-0.25, -0.2) is 14.4 Å². The van der Waals surface area contributed by atoms with Crippen LogP contribution in [-0.4, -0.2) is 218 Å². The maximum Gasteiger partial charge on any atom is 0.337 e. The molecule has 5 aliphatic carbocycles. The summed E-state index contributed by atoms with van der Waals surface area (Å²) >= 11 is 0. The lowest BCUT2D eigenvalue weighted by Crippen LogP contribution is -2.77. The van der Waals surface area contributed by atoms with E-state index in [1.54, 1.807) is 33.8 Å². The van der Waals surface area contributed by atoms with Crippen molar-refractivity contribution in [2.24, 2.45) is 50.2 Å². The molecular weight excluding hydrogens is 1120 g/mol. The summed E-state index contributed by atoms with van der Waals surface area (Å²) in [6.45, 7) is 21.8. The first-order valence-electron chi connectivity index (χ1n) is 29.9. The maximum atomic E-state index is 13.4. The molecular formula is C61H94O24. The van der Waals surface area contributed by atoms with Crippen LogP contribution < -0.4 is 0 Å². The predicted octanol–water partition coefficient (Wildman–Crippen LogP) is 1.31. The number of hydrogen-bond donors (Lipinski definition) is 10. The zero-order valence-electron chi connectivity index (χ0n) is 51.4. The first-order chi connectivity index (χ1) is 39.6. The van der Waals surface area contributed by atoms with Crippen LogP contribution in [0.1, 0.15) is 129 Å². The highest BCUT2D eigenvalue weighted by molar-refractivity contribution is 5.88. The van der Waals surface area contributed by atoms with Crippen LogP contribution in [0, 0.1) is 50.2 Å². The molecule has 0 spiro atoms. The lowest BCUT2D eigenvalue weighted by molar-refractivity contribution is -0.375. The van der Waals surface area contributed by atoms with Gasteiger partial charge in [-0.15, -0.1) is 0 Å². The zero-order chi connectivity index (χ0) is 63.2. The number of aliphatic hydroxyl groups is 10. The average molecular weight is 1210 g/mol. The summed E-state index contributed by atoms with van der Waals surface area (Å²) < 4.78 is 60.4. The van der Waals surface area contributed by atoms with Crippen LogP contribution in [0.2, 0.25) is 0 Å². The van der Waals surface area contributed by atoms with Crippen molar-refractivity contribution in [2.75, 3.05) is 20.3 Å². The van der Waals surface area contributed by atoms with Gasteiger partial charge in [0.15, 0.2) is 37.2 Å². The third-order valence-corrected chi connectivity index (χ3v) is 22.1. The van der Waals surface area contributed by atoms with E-state index in [9.17, 15) is 70.2 Å². The second-order valence-electron chi connectivity index (χ2n) is 27.3. The summed E-state index contributed by atoms with van der Waals surface area (Å²) in [6, 6.07) is 0. The first kappa shape index (κ1) is 67.4. The molecule has 10 N–H and O–H groups in total. The standard InChI is InChI=1S/C61H94O24/c1-15-26(3)50(73)81-42-28(5)77-54(41(70)43(42)82-51(74)27(4)16-2)85-48-49(78-29(6)64)61(25-63)31(23-56(48,7)8)30-17-18-34-58(11)21-20-35(57(9,10)33(58)19-22-59(34,12)60(30,13)46(71)47(61)72)80-55-45(39(68)38(67)44(83-55)52(75)76-14)84-53-40(69)37(66)36(65)32(24-62)79-53/h15-17,28,31-49,53-55,62-63,65-72H,18-25H2,1-14H3/b26-15-,27-16-/t28-,31+,32-,33+,34-,35+,36-,37+,38+,39+,40-,41-,42+,43-,44+,45-,46+,47-,48+,49+,53+,54+,55-,58+,59-,60+,61+/m1/s1. The van der Waals surface area contributed by atoms with Gasteiger partial charge in [-0.3, -0.25) is 4.79 Å². The topological polar surface area (TPSA) is 363 Å². The predicted molar refractivity (Wildman–Crippen MR) is 295 cm³/mol. The van der Waals surface area contributed by atoms with Crippen molar-refractivity contribution in [2.45, 2.75) is 251 Å². The Morgan fingerprint density at radius 1 is 0.647 bits per heavy atom. The van der Waals surface area contributed by atoms with Crippen LogP contribution in [0.25, 0.3) is 0 Å². The molecule has 27 atom stereocenters. The molecule has 8 aliphatic rings. The molecule has 7 fully saturated rings. The van der Waals surface area contributed by atoms with Gasteiger partial charge in [-0.1, -0.05) is 72.3 Å². The quantitative estimate of drug-likeness (QED) is 0.0385. The van der Waals surface area contributed by atoms with E-state index in [4.69, 9.17) is 47.4 Å². The zero-order valence-corrected chi connectivity index (χ0v) is 51.4. The van der Waals surface area contributed by atoms with Gasteiger partial charge in [-0.05, 0) is 113 Å².